The van der Waals surface area contributed by atoms with E-state index >= 15 is 0 Å². The van der Waals surface area contributed by atoms with E-state index in [2.05, 4.69) is 21.6 Å². The molecule has 1 aromatic heterocycles. The summed E-state index contributed by atoms with van der Waals surface area (Å²) >= 11 is 4.55. The van der Waals surface area contributed by atoms with E-state index in [0.717, 1.165) is 0 Å². The predicted molar refractivity (Wildman–Crippen MR) is 35.6 cm³/mol. The molecule has 0 aliphatic carbocycles. The molecular weight excluding hydrogens is 154 g/mol. The number of oxazole rings is 1. The summed E-state index contributed by atoms with van der Waals surface area (Å²) in [5.41, 5.74) is 0.442. The van der Waals surface area contributed by atoms with Crippen molar-refractivity contribution in [2.75, 3.05) is 0 Å². The molecule has 0 aliphatic rings. The van der Waals surface area contributed by atoms with Crippen molar-refractivity contribution < 1.29 is 14.3 Å². The normalized spacial score (nSPS) is 9.70. The van der Waals surface area contributed by atoms with Crippen LogP contribution in [0.2, 0.25) is 0 Å². The van der Waals surface area contributed by atoms with Crippen LogP contribution in [-0.4, -0.2) is 16.1 Å². The van der Waals surface area contributed by atoms with E-state index in [1.54, 1.807) is 6.92 Å². The van der Waals surface area contributed by atoms with Gasteiger partial charge in [0.25, 0.3) is 4.84 Å². The Morgan fingerprint density at radius 3 is 2.60 bits per heavy atom. The van der Waals surface area contributed by atoms with Gasteiger partial charge in [-0.3, -0.25) is 0 Å². The second-order valence-corrected chi connectivity index (χ2v) is 2.14. The van der Waals surface area contributed by atoms with Gasteiger partial charge in [0, 0.05) is 0 Å². The molecule has 0 fully saturated rings. The van der Waals surface area contributed by atoms with Gasteiger partial charge in [0.1, 0.15) is 0 Å². The molecule has 4 nitrogen and oxygen atoms in total. The fourth-order valence-electron chi connectivity index (χ4n) is 0.609. The zero-order chi connectivity index (χ0) is 7.72. The van der Waals surface area contributed by atoms with Gasteiger partial charge in [-0.25, -0.2) is 4.79 Å². The number of carboxylic acids is 1. The van der Waals surface area contributed by atoms with Crippen molar-refractivity contribution in [2.24, 2.45) is 0 Å². The first-order valence-electron chi connectivity index (χ1n) is 2.54. The number of aromatic carboxylic acids is 1. The number of H-pyrrole nitrogens is 1. The maximum atomic E-state index is 10.3. The number of carbonyl (C=O) groups is 1. The van der Waals surface area contributed by atoms with Crippen LogP contribution in [0.5, 0.6) is 0 Å². The van der Waals surface area contributed by atoms with Gasteiger partial charge in [-0.1, -0.05) is 0 Å². The minimum absolute atomic E-state index is 0.0925. The third kappa shape index (κ3) is 1.08. The molecule has 0 aromatic carbocycles. The number of rotatable bonds is 1. The molecule has 0 bridgehead atoms. The lowest BCUT2D eigenvalue weighted by Gasteiger charge is -1.84. The van der Waals surface area contributed by atoms with Crippen LogP contribution in [0.15, 0.2) is 4.42 Å². The minimum Gasteiger partial charge on any atom is -0.475 e. The summed E-state index contributed by atoms with van der Waals surface area (Å²) in [7, 11) is 0. The molecular formula is C5H5NO3S. The van der Waals surface area contributed by atoms with Crippen molar-refractivity contribution in [1.82, 2.24) is 4.98 Å². The van der Waals surface area contributed by atoms with Crippen LogP contribution in [0.25, 0.3) is 0 Å². The molecule has 0 atom stereocenters. The highest BCUT2D eigenvalue weighted by Crippen LogP contribution is 2.05. The molecule has 0 saturated heterocycles. The Morgan fingerprint density at radius 1 is 1.80 bits per heavy atom. The van der Waals surface area contributed by atoms with Crippen molar-refractivity contribution >= 4 is 18.2 Å². The number of nitrogens with one attached hydrogen (secondary N) is 1. The average Bonchev–Trinajstić information content (AvgIpc) is 2.10. The lowest BCUT2D eigenvalue weighted by molar-refractivity contribution is 0.0660. The van der Waals surface area contributed by atoms with E-state index in [0.29, 0.717) is 5.69 Å². The smallest absolute Gasteiger partial charge is 0.373 e. The summed E-state index contributed by atoms with van der Waals surface area (Å²) < 4.78 is 4.64. The highest BCUT2D eigenvalue weighted by Gasteiger charge is 2.10. The first-order chi connectivity index (χ1) is 4.61. The molecule has 2 N–H and O–H groups in total. The fraction of sp³-hybridized carbons (Fsp3) is 0.200. The van der Waals surface area contributed by atoms with E-state index in [1.807, 2.05) is 0 Å². The molecule has 0 spiro atoms. The molecule has 1 heterocycles. The topological polar surface area (TPSA) is 66.2 Å². The summed E-state index contributed by atoms with van der Waals surface area (Å²) in [5, 5.41) is 8.42. The number of carboxylic acid groups (broad SMARTS) is 1. The highest BCUT2D eigenvalue weighted by molar-refractivity contribution is 7.71. The van der Waals surface area contributed by atoms with Gasteiger partial charge in [0.15, 0.2) is 0 Å². The van der Waals surface area contributed by atoms with Gasteiger partial charge in [-0.2, -0.15) is 0 Å². The summed E-state index contributed by atoms with van der Waals surface area (Å²) in [5.74, 6) is -1.23. The summed E-state index contributed by atoms with van der Waals surface area (Å²) in [6.07, 6.45) is 0. The van der Waals surface area contributed by atoms with Crippen LogP contribution in [-0.2, 0) is 0 Å². The SMILES string of the molecule is Cc1[nH]c(=S)oc1C(=O)O. The molecule has 10 heavy (non-hydrogen) atoms. The second-order valence-electron chi connectivity index (χ2n) is 1.77. The molecule has 0 aliphatic heterocycles. The van der Waals surface area contributed by atoms with Crippen LogP contribution >= 0.6 is 12.2 Å². The zero-order valence-corrected chi connectivity index (χ0v) is 5.99. The summed E-state index contributed by atoms with van der Waals surface area (Å²) in [4.78, 5) is 12.9. The van der Waals surface area contributed by atoms with E-state index in [-0.39, 0.29) is 10.6 Å². The van der Waals surface area contributed by atoms with Gasteiger partial charge in [-0.05, 0) is 19.1 Å². The van der Waals surface area contributed by atoms with Crippen molar-refractivity contribution in [3.8, 4) is 0 Å². The van der Waals surface area contributed by atoms with E-state index in [1.165, 1.54) is 0 Å². The van der Waals surface area contributed by atoms with E-state index in [9.17, 15) is 4.79 Å². The molecule has 5 heteroatoms. The quantitative estimate of drug-likeness (QED) is 0.607. The van der Waals surface area contributed by atoms with Crippen LogP contribution in [0.4, 0.5) is 0 Å². The van der Waals surface area contributed by atoms with Crippen molar-refractivity contribution in [1.29, 1.82) is 0 Å². The van der Waals surface area contributed by atoms with Crippen LogP contribution in [0, 0.1) is 11.8 Å². The third-order valence-electron chi connectivity index (χ3n) is 1.02. The van der Waals surface area contributed by atoms with Gasteiger partial charge in [0.2, 0.25) is 5.76 Å². The maximum absolute atomic E-state index is 10.3. The number of aromatic amines is 1. The standard InChI is InChI=1S/C5H5NO3S/c1-2-3(4(7)8)9-5(10)6-2/h1H3,(H,6,10)(H,7,8). The second kappa shape index (κ2) is 2.26. The molecule has 0 saturated carbocycles. The van der Waals surface area contributed by atoms with Crippen molar-refractivity contribution in [2.45, 2.75) is 6.92 Å². The maximum Gasteiger partial charge on any atom is 0.373 e. The summed E-state index contributed by atoms with van der Waals surface area (Å²) in [6, 6.07) is 0. The van der Waals surface area contributed by atoms with Crippen LogP contribution < -0.4 is 0 Å². The monoisotopic (exact) mass is 159 g/mol. The van der Waals surface area contributed by atoms with E-state index < -0.39 is 5.97 Å². The number of aromatic nitrogens is 1. The molecule has 0 amide bonds. The predicted octanol–water partition coefficient (Wildman–Crippen LogP) is 1.34. The highest BCUT2D eigenvalue weighted by atomic mass is 32.1. The molecule has 1 rings (SSSR count). The summed E-state index contributed by atoms with van der Waals surface area (Å²) in [6.45, 7) is 1.59. The molecule has 0 radical (unpaired) electrons. The molecule has 0 unspecified atom stereocenters. The molecule has 1 aromatic rings. The first kappa shape index (κ1) is 7.01. The Balaban J connectivity index is 3.28. The number of aryl methyl sites for hydroxylation is 1. The Hall–Kier alpha value is -1.10. The Labute approximate surface area is 61.5 Å². The van der Waals surface area contributed by atoms with Gasteiger partial charge in [-0.15, -0.1) is 0 Å². The largest absolute Gasteiger partial charge is 0.475 e. The lowest BCUT2D eigenvalue weighted by atomic mass is 10.4. The minimum atomic E-state index is -1.11. The van der Waals surface area contributed by atoms with Crippen LogP contribution in [0.1, 0.15) is 16.2 Å². The fourth-order valence-corrected chi connectivity index (χ4v) is 0.845. The van der Waals surface area contributed by atoms with Crippen molar-refractivity contribution in [3.05, 3.63) is 16.3 Å². The Morgan fingerprint density at radius 2 is 2.40 bits per heavy atom. The van der Waals surface area contributed by atoms with Gasteiger partial charge >= 0.3 is 5.97 Å². The average molecular weight is 159 g/mol. The first-order valence-corrected chi connectivity index (χ1v) is 2.95. The third-order valence-corrected chi connectivity index (χ3v) is 1.20. The van der Waals surface area contributed by atoms with Crippen molar-refractivity contribution in [3.63, 3.8) is 0 Å². The van der Waals surface area contributed by atoms with Crippen LogP contribution in [0.3, 0.4) is 0 Å². The lowest BCUT2D eigenvalue weighted by Crippen LogP contribution is -1.95. The van der Waals surface area contributed by atoms with E-state index in [4.69, 9.17) is 5.11 Å². The zero-order valence-electron chi connectivity index (χ0n) is 5.17. The van der Waals surface area contributed by atoms with Gasteiger partial charge in [0.05, 0.1) is 5.69 Å². The Bertz CT molecular complexity index is 311. The van der Waals surface area contributed by atoms with Gasteiger partial charge < -0.3 is 14.5 Å². The Kier molecular flexibility index (Phi) is 1.58. The number of hydrogen-bond acceptors (Lipinski definition) is 3. The molecule has 54 valence electrons. The number of hydrogen-bond donors (Lipinski definition) is 2.